The van der Waals surface area contributed by atoms with Crippen LogP contribution in [0.5, 0.6) is 5.75 Å². The van der Waals surface area contributed by atoms with Crippen molar-refractivity contribution in [2.24, 2.45) is 0 Å². The molecule has 3 heteroatoms. The third-order valence-corrected chi connectivity index (χ3v) is 3.42. The van der Waals surface area contributed by atoms with Crippen molar-refractivity contribution in [3.63, 3.8) is 0 Å². The molecule has 0 aliphatic carbocycles. The van der Waals surface area contributed by atoms with E-state index in [-0.39, 0.29) is 0 Å². The van der Waals surface area contributed by atoms with Gasteiger partial charge in [0.25, 0.3) is 0 Å². The van der Waals surface area contributed by atoms with Gasteiger partial charge in [-0.05, 0) is 47.9 Å². The van der Waals surface area contributed by atoms with Crippen molar-refractivity contribution in [1.82, 2.24) is 0 Å². The molecule has 0 spiro atoms. The van der Waals surface area contributed by atoms with Gasteiger partial charge in [0, 0.05) is 10.0 Å². The number of halogens is 1. The van der Waals surface area contributed by atoms with Crippen molar-refractivity contribution in [2.75, 3.05) is 0 Å². The van der Waals surface area contributed by atoms with Crippen LogP contribution in [0, 0.1) is 0 Å². The van der Waals surface area contributed by atoms with Crippen LogP contribution in [-0.2, 0) is 13.0 Å². The Kier molecular flexibility index (Phi) is 5.13. The van der Waals surface area contributed by atoms with E-state index in [1.807, 2.05) is 36.4 Å². The van der Waals surface area contributed by atoms with Crippen molar-refractivity contribution >= 4 is 22.2 Å². The highest BCUT2D eigenvalue weighted by Crippen LogP contribution is 2.22. The summed E-state index contributed by atoms with van der Waals surface area (Å²) in [4.78, 5) is 10.8. The zero-order valence-corrected chi connectivity index (χ0v) is 12.6. The van der Waals surface area contributed by atoms with Crippen LogP contribution in [0.15, 0.2) is 59.6 Å². The number of ether oxygens (including phenoxy) is 1. The predicted molar refractivity (Wildman–Crippen MR) is 84.2 cm³/mol. The molecule has 0 bridgehead atoms. The van der Waals surface area contributed by atoms with Gasteiger partial charge in [-0.25, -0.2) is 0 Å². The Bertz CT molecular complexity index is 603. The van der Waals surface area contributed by atoms with Gasteiger partial charge in [0.05, 0.1) is 0 Å². The van der Waals surface area contributed by atoms with Crippen molar-refractivity contribution < 1.29 is 9.53 Å². The molecular formula is C17H15BrO2. The summed E-state index contributed by atoms with van der Waals surface area (Å²) in [6, 6.07) is 13.4. The number of carbonyl (C=O) groups excluding carboxylic acids is 1. The molecule has 2 rings (SSSR count). The molecule has 2 aromatic rings. The maximum Gasteiger partial charge on any atom is 0.150 e. The average molecular weight is 331 g/mol. The van der Waals surface area contributed by atoms with Crippen LogP contribution < -0.4 is 4.74 Å². The van der Waals surface area contributed by atoms with Gasteiger partial charge in [0.15, 0.2) is 0 Å². The molecule has 20 heavy (non-hydrogen) atoms. The van der Waals surface area contributed by atoms with Crippen molar-refractivity contribution in [1.29, 1.82) is 0 Å². The molecule has 2 aromatic carbocycles. The first-order chi connectivity index (χ1) is 9.72. The summed E-state index contributed by atoms with van der Waals surface area (Å²) in [6.07, 6.45) is 3.32. The number of rotatable bonds is 6. The molecule has 0 unspecified atom stereocenters. The van der Waals surface area contributed by atoms with E-state index in [0.717, 1.165) is 27.6 Å². The van der Waals surface area contributed by atoms with Crippen molar-refractivity contribution in [3.8, 4) is 5.75 Å². The molecule has 0 atom stereocenters. The molecule has 0 aromatic heterocycles. The van der Waals surface area contributed by atoms with E-state index < -0.39 is 0 Å². The third kappa shape index (κ3) is 3.81. The van der Waals surface area contributed by atoms with E-state index in [0.29, 0.717) is 18.6 Å². The molecule has 0 fully saturated rings. The maximum atomic E-state index is 10.8. The van der Waals surface area contributed by atoms with Crippen LogP contribution in [-0.4, -0.2) is 6.29 Å². The summed E-state index contributed by atoms with van der Waals surface area (Å²) in [7, 11) is 0. The Hall–Kier alpha value is -1.87. The lowest BCUT2D eigenvalue weighted by molar-refractivity contribution is 0.112. The molecule has 0 heterocycles. The minimum Gasteiger partial charge on any atom is -0.489 e. The normalized spacial score (nSPS) is 10.1. The van der Waals surface area contributed by atoms with Crippen LogP contribution in [0.4, 0.5) is 0 Å². The van der Waals surface area contributed by atoms with Gasteiger partial charge in [0.1, 0.15) is 18.6 Å². The number of carbonyl (C=O) groups is 1. The summed E-state index contributed by atoms with van der Waals surface area (Å²) >= 11 is 3.40. The van der Waals surface area contributed by atoms with Gasteiger partial charge in [-0.2, -0.15) is 0 Å². The first-order valence-electron chi connectivity index (χ1n) is 6.29. The van der Waals surface area contributed by atoms with Crippen molar-refractivity contribution in [2.45, 2.75) is 13.0 Å². The topological polar surface area (TPSA) is 26.3 Å². The minimum absolute atomic E-state index is 0.498. The fourth-order valence-electron chi connectivity index (χ4n) is 1.87. The lowest BCUT2D eigenvalue weighted by Gasteiger charge is -2.11. The molecule has 0 aliphatic rings. The molecule has 0 amide bonds. The second kappa shape index (κ2) is 7.06. The van der Waals surface area contributed by atoms with E-state index in [1.165, 1.54) is 0 Å². The maximum absolute atomic E-state index is 10.8. The molecule has 0 aliphatic heterocycles. The van der Waals surface area contributed by atoms with Crippen LogP contribution in [0.1, 0.15) is 21.5 Å². The Morgan fingerprint density at radius 1 is 1.15 bits per heavy atom. The third-order valence-electron chi connectivity index (χ3n) is 2.89. The van der Waals surface area contributed by atoms with E-state index in [1.54, 1.807) is 12.1 Å². The number of hydrogen-bond acceptors (Lipinski definition) is 2. The second-order valence-corrected chi connectivity index (χ2v) is 5.31. The fraction of sp³-hybridized carbons (Fsp3) is 0.118. The van der Waals surface area contributed by atoms with Gasteiger partial charge >= 0.3 is 0 Å². The quantitative estimate of drug-likeness (QED) is 0.572. The van der Waals surface area contributed by atoms with E-state index in [4.69, 9.17) is 4.74 Å². The summed E-state index contributed by atoms with van der Waals surface area (Å²) in [6.45, 7) is 4.23. The van der Waals surface area contributed by atoms with Gasteiger partial charge in [-0.3, -0.25) is 4.79 Å². The summed E-state index contributed by atoms with van der Waals surface area (Å²) < 4.78 is 6.88. The predicted octanol–water partition coefficient (Wildman–Crippen LogP) is 4.57. The SMILES string of the molecule is C=CCc1cc(C=O)ccc1OCc1ccc(Br)cc1. The Labute approximate surface area is 127 Å². The zero-order chi connectivity index (χ0) is 14.4. The van der Waals surface area contributed by atoms with Crippen LogP contribution in [0.2, 0.25) is 0 Å². The van der Waals surface area contributed by atoms with E-state index >= 15 is 0 Å². The smallest absolute Gasteiger partial charge is 0.150 e. The van der Waals surface area contributed by atoms with Crippen LogP contribution in [0.25, 0.3) is 0 Å². The molecule has 0 saturated carbocycles. The zero-order valence-electron chi connectivity index (χ0n) is 11.0. The minimum atomic E-state index is 0.498. The number of allylic oxidation sites excluding steroid dienone is 1. The molecule has 0 N–H and O–H groups in total. The monoisotopic (exact) mass is 330 g/mol. The molecular weight excluding hydrogens is 316 g/mol. The number of hydrogen-bond donors (Lipinski definition) is 0. The van der Waals surface area contributed by atoms with Crippen LogP contribution >= 0.6 is 15.9 Å². The van der Waals surface area contributed by atoms with E-state index in [2.05, 4.69) is 22.5 Å². The highest BCUT2D eigenvalue weighted by atomic mass is 79.9. The molecule has 102 valence electrons. The molecule has 2 nitrogen and oxygen atoms in total. The van der Waals surface area contributed by atoms with Crippen molar-refractivity contribution in [3.05, 3.63) is 76.3 Å². The molecule has 0 saturated heterocycles. The Morgan fingerprint density at radius 3 is 2.55 bits per heavy atom. The largest absolute Gasteiger partial charge is 0.489 e. The first-order valence-corrected chi connectivity index (χ1v) is 7.08. The fourth-order valence-corrected chi connectivity index (χ4v) is 2.13. The summed E-state index contributed by atoms with van der Waals surface area (Å²) in [5, 5.41) is 0. The number of benzene rings is 2. The standard InChI is InChI=1S/C17H15BrO2/c1-2-3-15-10-14(11-19)6-9-17(15)20-12-13-4-7-16(18)8-5-13/h2,4-11H,1,3,12H2. The summed E-state index contributed by atoms with van der Waals surface area (Å²) in [5.41, 5.74) is 2.72. The Balaban J connectivity index is 2.13. The highest BCUT2D eigenvalue weighted by molar-refractivity contribution is 9.10. The van der Waals surface area contributed by atoms with Crippen LogP contribution in [0.3, 0.4) is 0 Å². The van der Waals surface area contributed by atoms with E-state index in [9.17, 15) is 4.79 Å². The summed E-state index contributed by atoms with van der Waals surface area (Å²) in [5.74, 6) is 0.790. The van der Waals surface area contributed by atoms with Gasteiger partial charge in [0.2, 0.25) is 0 Å². The lowest BCUT2D eigenvalue weighted by atomic mass is 10.1. The Morgan fingerprint density at radius 2 is 1.90 bits per heavy atom. The first kappa shape index (κ1) is 14.5. The van der Waals surface area contributed by atoms with Gasteiger partial charge in [-0.1, -0.05) is 34.1 Å². The highest BCUT2D eigenvalue weighted by Gasteiger charge is 2.04. The lowest BCUT2D eigenvalue weighted by Crippen LogP contribution is -1.99. The number of aldehydes is 1. The second-order valence-electron chi connectivity index (χ2n) is 4.39. The van der Waals surface area contributed by atoms with Gasteiger partial charge in [-0.15, -0.1) is 6.58 Å². The molecule has 0 radical (unpaired) electrons. The van der Waals surface area contributed by atoms with Gasteiger partial charge < -0.3 is 4.74 Å². The average Bonchev–Trinajstić information content (AvgIpc) is 2.48.